The van der Waals surface area contributed by atoms with Gasteiger partial charge in [-0.15, -0.1) is 0 Å². The predicted octanol–water partition coefficient (Wildman–Crippen LogP) is 1.49. The third-order valence-corrected chi connectivity index (χ3v) is 5.77. The van der Waals surface area contributed by atoms with Crippen molar-refractivity contribution in [3.05, 3.63) is 24.5 Å². The lowest BCUT2D eigenvalue weighted by Crippen LogP contribution is -2.50. The zero-order valence-corrected chi connectivity index (χ0v) is 14.6. The minimum atomic E-state index is -3.63. The van der Waals surface area contributed by atoms with Crippen molar-refractivity contribution in [3.8, 4) is 0 Å². The standard InChI is InChI=1S/C16H22N4O3S/c1-11(2)16(21)20-7-3-4-12(9-20)19-24(22,23)13-5-6-14-15(8-13)18-10-17-14/h5-6,8,10-12,19H,3-4,7,9H2,1-2H3,(H,17,18)/t12-/m0/s1. The average Bonchev–Trinajstić information content (AvgIpc) is 3.01. The van der Waals surface area contributed by atoms with Crippen LogP contribution in [0.4, 0.5) is 0 Å². The molecule has 0 radical (unpaired) electrons. The van der Waals surface area contributed by atoms with Crippen molar-refractivity contribution in [2.24, 2.45) is 5.92 Å². The number of carbonyl (C=O) groups excluding carboxylic acids is 1. The second kappa shape index (κ2) is 6.52. The van der Waals surface area contributed by atoms with Crippen LogP contribution in [0.5, 0.6) is 0 Å². The van der Waals surface area contributed by atoms with Crippen molar-refractivity contribution >= 4 is 27.0 Å². The number of carbonyl (C=O) groups is 1. The number of rotatable bonds is 4. The lowest BCUT2D eigenvalue weighted by Gasteiger charge is -2.34. The first-order valence-electron chi connectivity index (χ1n) is 8.11. The van der Waals surface area contributed by atoms with E-state index in [0.29, 0.717) is 18.6 Å². The molecule has 1 aromatic heterocycles. The van der Waals surface area contributed by atoms with Gasteiger partial charge in [0.05, 0.1) is 22.3 Å². The van der Waals surface area contributed by atoms with Gasteiger partial charge in [-0.3, -0.25) is 4.79 Å². The van der Waals surface area contributed by atoms with Crippen molar-refractivity contribution < 1.29 is 13.2 Å². The number of imidazole rings is 1. The molecule has 3 rings (SSSR count). The van der Waals surface area contributed by atoms with Crippen molar-refractivity contribution in [1.82, 2.24) is 19.6 Å². The van der Waals surface area contributed by atoms with E-state index in [1.807, 2.05) is 13.8 Å². The molecule has 0 spiro atoms. The number of amides is 1. The van der Waals surface area contributed by atoms with Crippen LogP contribution in [-0.4, -0.2) is 48.3 Å². The first-order chi connectivity index (χ1) is 11.4. The summed E-state index contributed by atoms with van der Waals surface area (Å²) in [6.07, 6.45) is 3.06. The van der Waals surface area contributed by atoms with Crippen LogP contribution < -0.4 is 4.72 Å². The first kappa shape index (κ1) is 16.9. The number of hydrogen-bond donors (Lipinski definition) is 2. The van der Waals surface area contributed by atoms with E-state index in [9.17, 15) is 13.2 Å². The van der Waals surface area contributed by atoms with Crippen LogP contribution in [-0.2, 0) is 14.8 Å². The first-order valence-corrected chi connectivity index (χ1v) is 9.59. The zero-order chi connectivity index (χ0) is 17.3. The molecular formula is C16H22N4O3S. The molecular weight excluding hydrogens is 328 g/mol. The number of H-pyrrole nitrogens is 1. The number of nitrogens with zero attached hydrogens (tertiary/aromatic N) is 2. The number of sulfonamides is 1. The molecule has 1 aliphatic heterocycles. The molecule has 0 saturated carbocycles. The van der Waals surface area contributed by atoms with Crippen LogP contribution in [0.15, 0.2) is 29.4 Å². The van der Waals surface area contributed by atoms with Crippen molar-refractivity contribution in [2.45, 2.75) is 37.6 Å². The molecule has 1 fully saturated rings. The fourth-order valence-corrected chi connectivity index (χ4v) is 4.30. The Morgan fingerprint density at radius 2 is 2.21 bits per heavy atom. The van der Waals surface area contributed by atoms with Gasteiger partial charge in [0.1, 0.15) is 0 Å². The number of nitrogens with one attached hydrogen (secondary N) is 2. The molecule has 130 valence electrons. The Morgan fingerprint density at radius 1 is 1.42 bits per heavy atom. The third kappa shape index (κ3) is 3.44. The average molecular weight is 350 g/mol. The quantitative estimate of drug-likeness (QED) is 0.873. The normalized spacial score (nSPS) is 19.1. The van der Waals surface area contributed by atoms with E-state index in [2.05, 4.69) is 14.7 Å². The Hall–Kier alpha value is -1.93. The van der Waals surface area contributed by atoms with Gasteiger partial charge in [-0.25, -0.2) is 18.1 Å². The number of likely N-dealkylation sites (tertiary alicyclic amines) is 1. The van der Waals surface area contributed by atoms with Gasteiger partial charge in [0.15, 0.2) is 0 Å². The monoisotopic (exact) mass is 350 g/mol. The molecule has 1 aliphatic rings. The van der Waals surface area contributed by atoms with Gasteiger partial charge in [-0.05, 0) is 31.0 Å². The van der Waals surface area contributed by atoms with E-state index < -0.39 is 10.0 Å². The largest absolute Gasteiger partial charge is 0.345 e. The highest BCUT2D eigenvalue weighted by molar-refractivity contribution is 7.89. The molecule has 2 heterocycles. The van der Waals surface area contributed by atoms with E-state index in [0.717, 1.165) is 18.4 Å². The highest BCUT2D eigenvalue weighted by Gasteiger charge is 2.28. The Bertz CT molecular complexity index is 844. The van der Waals surface area contributed by atoms with Gasteiger partial charge in [0.2, 0.25) is 15.9 Å². The van der Waals surface area contributed by atoms with Crippen LogP contribution in [0, 0.1) is 5.92 Å². The molecule has 1 saturated heterocycles. The van der Waals surface area contributed by atoms with E-state index in [1.165, 1.54) is 6.33 Å². The molecule has 1 aromatic carbocycles. The summed E-state index contributed by atoms with van der Waals surface area (Å²) in [4.78, 5) is 21.1. The molecule has 2 aromatic rings. The van der Waals surface area contributed by atoms with Crippen molar-refractivity contribution in [3.63, 3.8) is 0 Å². The lowest BCUT2D eigenvalue weighted by atomic mass is 10.0. The number of hydrogen-bond acceptors (Lipinski definition) is 4. The van der Waals surface area contributed by atoms with Crippen LogP contribution in [0.25, 0.3) is 11.0 Å². The third-order valence-electron chi connectivity index (χ3n) is 4.25. The predicted molar refractivity (Wildman–Crippen MR) is 90.9 cm³/mol. The number of benzene rings is 1. The molecule has 7 nitrogen and oxygen atoms in total. The van der Waals surface area contributed by atoms with E-state index in [-0.39, 0.29) is 22.8 Å². The molecule has 2 N–H and O–H groups in total. The highest BCUT2D eigenvalue weighted by Crippen LogP contribution is 2.19. The van der Waals surface area contributed by atoms with Gasteiger partial charge in [-0.1, -0.05) is 13.8 Å². The Balaban J connectivity index is 1.75. The molecule has 1 amide bonds. The fraction of sp³-hybridized carbons (Fsp3) is 0.500. The summed E-state index contributed by atoms with van der Waals surface area (Å²) in [5.74, 6) is -0.0130. The van der Waals surface area contributed by atoms with Crippen molar-refractivity contribution in [2.75, 3.05) is 13.1 Å². The summed E-state index contributed by atoms with van der Waals surface area (Å²) in [7, 11) is -3.63. The summed E-state index contributed by atoms with van der Waals surface area (Å²) in [6.45, 7) is 4.82. The van der Waals surface area contributed by atoms with E-state index in [1.54, 1.807) is 23.1 Å². The van der Waals surface area contributed by atoms with Crippen LogP contribution in [0.3, 0.4) is 0 Å². The minimum absolute atomic E-state index is 0.0674. The number of aromatic nitrogens is 2. The Morgan fingerprint density at radius 3 is 2.96 bits per heavy atom. The Kier molecular flexibility index (Phi) is 4.60. The number of aromatic amines is 1. The maximum Gasteiger partial charge on any atom is 0.240 e. The van der Waals surface area contributed by atoms with E-state index in [4.69, 9.17) is 0 Å². The molecule has 0 unspecified atom stereocenters. The SMILES string of the molecule is CC(C)C(=O)N1CCC[C@H](NS(=O)(=O)c2ccc3nc[nH]c3c2)C1. The number of fused-ring (bicyclic) bond motifs is 1. The maximum atomic E-state index is 12.6. The van der Waals surface area contributed by atoms with Gasteiger partial charge in [0, 0.05) is 25.0 Å². The van der Waals surface area contributed by atoms with Gasteiger partial charge in [-0.2, -0.15) is 0 Å². The number of piperidine rings is 1. The summed E-state index contributed by atoms with van der Waals surface area (Å²) >= 11 is 0. The topological polar surface area (TPSA) is 95.2 Å². The van der Waals surface area contributed by atoms with Crippen LogP contribution in [0.2, 0.25) is 0 Å². The molecule has 0 bridgehead atoms. The molecule has 24 heavy (non-hydrogen) atoms. The van der Waals surface area contributed by atoms with Crippen LogP contribution in [0.1, 0.15) is 26.7 Å². The lowest BCUT2D eigenvalue weighted by molar-refractivity contribution is -0.135. The van der Waals surface area contributed by atoms with Gasteiger partial charge >= 0.3 is 0 Å². The van der Waals surface area contributed by atoms with Crippen molar-refractivity contribution in [1.29, 1.82) is 0 Å². The maximum absolute atomic E-state index is 12.6. The second-order valence-electron chi connectivity index (χ2n) is 6.48. The molecule has 8 heteroatoms. The smallest absolute Gasteiger partial charge is 0.240 e. The summed E-state index contributed by atoms with van der Waals surface area (Å²) in [5.41, 5.74) is 1.40. The Labute approximate surface area is 141 Å². The molecule has 0 aliphatic carbocycles. The van der Waals surface area contributed by atoms with E-state index >= 15 is 0 Å². The minimum Gasteiger partial charge on any atom is -0.345 e. The summed E-state index contributed by atoms with van der Waals surface area (Å²) < 4.78 is 28.0. The van der Waals surface area contributed by atoms with Crippen LogP contribution >= 0.6 is 0 Å². The highest BCUT2D eigenvalue weighted by atomic mass is 32.2. The molecule has 1 atom stereocenters. The second-order valence-corrected chi connectivity index (χ2v) is 8.19. The fourth-order valence-electron chi connectivity index (χ4n) is 3.01. The van der Waals surface area contributed by atoms with Gasteiger partial charge < -0.3 is 9.88 Å². The zero-order valence-electron chi connectivity index (χ0n) is 13.8. The van der Waals surface area contributed by atoms with Gasteiger partial charge in [0.25, 0.3) is 0 Å². The summed E-state index contributed by atoms with van der Waals surface area (Å²) in [6, 6.07) is 4.54. The summed E-state index contributed by atoms with van der Waals surface area (Å²) in [5, 5.41) is 0.